The third kappa shape index (κ3) is 4.25. The fraction of sp³-hybridized carbons (Fsp3) is 0.294. The average molecular weight is 391 g/mol. The van der Waals surface area contributed by atoms with E-state index in [9.17, 15) is 4.79 Å². The lowest BCUT2D eigenvalue weighted by Gasteiger charge is -2.10. The predicted molar refractivity (Wildman–Crippen MR) is 104 cm³/mol. The van der Waals surface area contributed by atoms with E-state index in [4.69, 9.17) is 17.3 Å². The zero-order valence-electron chi connectivity index (χ0n) is 14.5. The number of aryl methyl sites for hydroxylation is 2. The number of carbonyl (C=O) groups is 1. The fourth-order valence-corrected chi connectivity index (χ4v) is 3.49. The van der Waals surface area contributed by atoms with Gasteiger partial charge in [0.1, 0.15) is 0 Å². The van der Waals surface area contributed by atoms with Gasteiger partial charge < -0.3 is 11.1 Å². The number of benzene rings is 1. The van der Waals surface area contributed by atoms with Gasteiger partial charge in [-0.3, -0.25) is 4.79 Å². The second-order valence-electron chi connectivity index (χ2n) is 5.77. The number of hydrogen-bond donors (Lipinski definition) is 2. The summed E-state index contributed by atoms with van der Waals surface area (Å²) >= 11 is 7.53. The number of thioether (sulfide) groups is 1. The number of fused-ring (bicyclic) bond motifs is 1. The molecule has 0 aliphatic carbocycles. The van der Waals surface area contributed by atoms with Crippen molar-refractivity contribution in [3.05, 3.63) is 46.2 Å². The van der Waals surface area contributed by atoms with Crippen LogP contribution >= 0.6 is 23.4 Å². The lowest BCUT2D eigenvalue weighted by atomic mass is 10.1. The molecular formula is C17H19ClN6OS. The smallest absolute Gasteiger partial charge is 0.254 e. The van der Waals surface area contributed by atoms with Crippen molar-refractivity contribution < 1.29 is 4.79 Å². The molecule has 0 spiro atoms. The van der Waals surface area contributed by atoms with Crippen LogP contribution in [0.3, 0.4) is 0 Å². The maximum Gasteiger partial charge on any atom is 0.254 e. The number of halogens is 1. The molecule has 0 bridgehead atoms. The molecule has 3 rings (SSSR count). The monoisotopic (exact) mass is 390 g/mol. The van der Waals surface area contributed by atoms with Gasteiger partial charge in [0, 0.05) is 39.2 Å². The maximum atomic E-state index is 12.3. The molecule has 2 aromatic heterocycles. The fourth-order valence-electron chi connectivity index (χ4n) is 2.59. The highest BCUT2D eigenvalue weighted by atomic mass is 35.5. The first-order valence-electron chi connectivity index (χ1n) is 8.07. The second kappa shape index (κ2) is 7.92. The summed E-state index contributed by atoms with van der Waals surface area (Å²) in [4.78, 5) is 21.8. The Labute approximate surface area is 160 Å². The molecule has 0 atom stereocenters. The molecular weight excluding hydrogens is 372 g/mol. The Bertz CT molecular complexity index is 941. The first-order chi connectivity index (χ1) is 12.4. The third-order valence-corrected chi connectivity index (χ3v) is 5.17. The topological polar surface area (TPSA) is 98.2 Å². The largest absolute Gasteiger partial charge is 0.366 e. The molecule has 136 valence electrons. The molecule has 9 heteroatoms. The Hall–Kier alpha value is -2.32. The van der Waals surface area contributed by atoms with Crippen molar-refractivity contribution in [3.63, 3.8) is 0 Å². The van der Waals surface area contributed by atoms with Crippen molar-refractivity contribution in [2.45, 2.75) is 25.2 Å². The molecule has 2 heterocycles. The molecule has 0 aliphatic heterocycles. The van der Waals surface area contributed by atoms with Crippen molar-refractivity contribution >= 4 is 41.0 Å². The molecule has 1 amide bonds. The first-order valence-corrected chi connectivity index (χ1v) is 9.44. The summed E-state index contributed by atoms with van der Waals surface area (Å²) < 4.78 is 1.57. The molecule has 0 aliphatic rings. The molecule has 0 saturated heterocycles. The zero-order valence-corrected chi connectivity index (χ0v) is 16.1. The highest BCUT2D eigenvalue weighted by molar-refractivity contribution is 7.99. The molecule has 0 saturated carbocycles. The van der Waals surface area contributed by atoms with Crippen LogP contribution < -0.4 is 11.1 Å². The Morgan fingerprint density at radius 3 is 2.73 bits per heavy atom. The van der Waals surface area contributed by atoms with E-state index in [2.05, 4.69) is 20.4 Å². The van der Waals surface area contributed by atoms with Gasteiger partial charge in [-0.15, -0.1) is 16.9 Å². The van der Waals surface area contributed by atoms with E-state index in [1.54, 1.807) is 16.3 Å². The number of hydrogen-bond acceptors (Lipinski definition) is 6. The number of nitrogens with two attached hydrogens (primary N) is 1. The second-order valence-corrected chi connectivity index (χ2v) is 7.38. The molecule has 7 nitrogen and oxygen atoms in total. The van der Waals surface area contributed by atoms with Gasteiger partial charge in [0.25, 0.3) is 5.78 Å². The van der Waals surface area contributed by atoms with Crippen LogP contribution in [0.5, 0.6) is 0 Å². The van der Waals surface area contributed by atoms with Crippen LogP contribution in [-0.2, 0) is 11.2 Å². The molecule has 1 aromatic carbocycles. The van der Waals surface area contributed by atoms with Gasteiger partial charge in [-0.25, -0.2) is 4.98 Å². The summed E-state index contributed by atoms with van der Waals surface area (Å²) in [5, 5.41) is 7.77. The highest BCUT2D eigenvalue weighted by Crippen LogP contribution is 2.19. The quantitative estimate of drug-likeness (QED) is 0.495. The van der Waals surface area contributed by atoms with Crippen LogP contribution in [0.2, 0.25) is 5.02 Å². The normalized spacial score (nSPS) is 11.0. The number of amides is 1. The molecule has 0 fully saturated rings. The molecule has 26 heavy (non-hydrogen) atoms. The zero-order chi connectivity index (χ0) is 18.7. The Morgan fingerprint density at radius 1 is 1.27 bits per heavy atom. The third-order valence-electron chi connectivity index (χ3n) is 3.91. The first kappa shape index (κ1) is 18.5. The van der Waals surface area contributed by atoms with E-state index in [1.165, 1.54) is 0 Å². The van der Waals surface area contributed by atoms with Crippen molar-refractivity contribution in [2.24, 2.45) is 0 Å². The summed E-state index contributed by atoms with van der Waals surface area (Å²) in [7, 11) is 0. The van der Waals surface area contributed by atoms with Crippen LogP contribution in [-0.4, -0.2) is 37.8 Å². The van der Waals surface area contributed by atoms with Gasteiger partial charge in [0.05, 0.1) is 6.42 Å². The lowest BCUT2D eigenvalue weighted by Crippen LogP contribution is -2.28. The van der Waals surface area contributed by atoms with Crippen LogP contribution in [0.25, 0.3) is 5.78 Å². The van der Waals surface area contributed by atoms with E-state index in [1.807, 2.05) is 38.1 Å². The van der Waals surface area contributed by atoms with E-state index in [-0.39, 0.29) is 18.3 Å². The number of carbonyl (C=O) groups excluding carboxylic acids is 1. The van der Waals surface area contributed by atoms with Gasteiger partial charge in [-0.05, 0) is 38.1 Å². The van der Waals surface area contributed by atoms with Gasteiger partial charge in [0.2, 0.25) is 11.9 Å². The van der Waals surface area contributed by atoms with Crippen LogP contribution in [0.1, 0.15) is 17.0 Å². The summed E-state index contributed by atoms with van der Waals surface area (Å²) in [5.74, 6) is 1.34. The Kier molecular flexibility index (Phi) is 5.63. The number of aromatic nitrogens is 4. The van der Waals surface area contributed by atoms with Crippen LogP contribution in [0, 0.1) is 13.8 Å². The number of rotatable bonds is 6. The lowest BCUT2D eigenvalue weighted by molar-refractivity contribution is -0.120. The maximum absolute atomic E-state index is 12.3. The van der Waals surface area contributed by atoms with E-state index < -0.39 is 0 Å². The summed E-state index contributed by atoms with van der Waals surface area (Å²) in [6, 6.07) is 7.64. The predicted octanol–water partition coefficient (Wildman–Crippen LogP) is 2.43. The molecule has 0 radical (unpaired) electrons. The molecule has 3 N–H and O–H groups in total. The summed E-state index contributed by atoms with van der Waals surface area (Å²) in [5.41, 5.74) is 8.04. The van der Waals surface area contributed by atoms with Crippen molar-refractivity contribution in [1.82, 2.24) is 24.9 Å². The molecule has 3 aromatic rings. The van der Waals surface area contributed by atoms with E-state index >= 15 is 0 Å². The van der Waals surface area contributed by atoms with E-state index in [0.717, 1.165) is 27.6 Å². The Morgan fingerprint density at radius 2 is 2.00 bits per heavy atom. The average Bonchev–Trinajstić information content (AvgIpc) is 2.97. The van der Waals surface area contributed by atoms with Crippen molar-refractivity contribution in [3.8, 4) is 0 Å². The van der Waals surface area contributed by atoms with Gasteiger partial charge in [-0.2, -0.15) is 9.50 Å². The molecule has 0 unspecified atom stereocenters. The highest BCUT2D eigenvalue weighted by Gasteiger charge is 2.15. The van der Waals surface area contributed by atoms with Gasteiger partial charge in [-0.1, -0.05) is 11.6 Å². The van der Waals surface area contributed by atoms with Crippen molar-refractivity contribution in [2.75, 3.05) is 18.0 Å². The van der Waals surface area contributed by atoms with Gasteiger partial charge >= 0.3 is 0 Å². The minimum absolute atomic E-state index is 0.0536. The summed E-state index contributed by atoms with van der Waals surface area (Å²) in [6.45, 7) is 4.32. The van der Waals surface area contributed by atoms with Crippen LogP contribution in [0.4, 0.5) is 5.95 Å². The SMILES string of the molecule is Cc1nc2nc(N)nn2c(C)c1CC(=O)NCCSc1ccc(Cl)cc1. The summed E-state index contributed by atoms with van der Waals surface area (Å²) in [6.07, 6.45) is 0.242. The van der Waals surface area contributed by atoms with Crippen molar-refractivity contribution in [1.29, 1.82) is 0 Å². The number of anilines is 1. The Balaban J connectivity index is 1.56. The van der Waals surface area contributed by atoms with E-state index in [0.29, 0.717) is 17.3 Å². The van der Waals surface area contributed by atoms with Crippen LogP contribution in [0.15, 0.2) is 29.2 Å². The minimum Gasteiger partial charge on any atom is -0.366 e. The number of nitrogens with zero attached hydrogens (tertiary/aromatic N) is 4. The number of nitrogens with one attached hydrogen (secondary N) is 1. The standard InChI is InChI=1S/C17H19ClN6OS/c1-10-14(11(2)24-17(21-10)22-16(19)23-24)9-15(25)20-7-8-26-13-5-3-12(18)4-6-13/h3-6H,7-9H2,1-2H3,(H2,19,23)(H,20,25). The minimum atomic E-state index is -0.0536. The number of nitrogen functional groups attached to an aromatic ring is 1. The van der Waals surface area contributed by atoms with Gasteiger partial charge in [0.15, 0.2) is 0 Å².